The Morgan fingerprint density at radius 2 is 1.88 bits per heavy atom. The predicted octanol–water partition coefficient (Wildman–Crippen LogP) is 3.02. The molecule has 1 aliphatic carbocycles. The van der Waals surface area contributed by atoms with E-state index >= 15 is 0 Å². The number of esters is 1. The highest BCUT2D eigenvalue weighted by molar-refractivity contribution is 7.91. The molecule has 3 aromatic rings. The molecule has 5 rings (SSSR count). The summed E-state index contributed by atoms with van der Waals surface area (Å²) in [6.45, 7) is 1.81. The number of nitrogens with one attached hydrogen (secondary N) is 1. The van der Waals surface area contributed by atoms with E-state index in [1.807, 2.05) is 13.0 Å². The summed E-state index contributed by atoms with van der Waals surface area (Å²) >= 11 is 0. The number of ether oxygens (including phenoxy) is 1. The van der Waals surface area contributed by atoms with E-state index in [1.165, 1.54) is 7.11 Å². The summed E-state index contributed by atoms with van der Waals surface area (Å²) in [6, 6.07) is 8.00. The number of amides is 1. The lowest BCUT2D eigenvalue weighted by Crippen LogP contribution is -2.15. The summed E-state index contributed by atoms with van der Waals surface area (Å²) in [6.07, 6.45) is 2.51. The number of hydrogen-bond acceptors (Lipinski definition) is 7. The first-order valence-corrected chi connectivity index (χ1v) is 12.7. The number of pyridine rings is 1. The van der Waals surface area contributed by atoms with Crippen LogP contribution in [0.2, 0.25) is 0 Å². The normalized spacial score (nSPS) is 19.5. The van der Waals surface area contributed by atoms with Crippen molar-refractivity contribution < 1.29 is 22.7 Å². The number of benzene rings is 1. The highest BCUT2D eigenvalue weighted by atomic mass is 32.2. The zero-order valence-electron chi connectivity index (χ0n) is 18.4. The van der Waals surface area contributed by atoms with Crippen LogP contribution in [0.5, 0.6) is 0 Å². The molecule has 1 saturated carbocycles. The van der Waals surface area contributed by atoms with Gasteiger partial charge < -0.3 is 10.1 Å². The molecule has 2 fully saturated rings. The molecular formula is C23H24N4O5S. The molecule has 33 heavy (non-hydrogen) atoms. The Hall–Kier alpha value is -3.27. The molecular weight excluding hydrogens is 444 g/mol. The minimum Gasteiger partial charge on any atom is -0.465 e. The van der Waals surface area contributed by atoms with Gasteiger partial charge in [-0.3, -0.25) is 4.79 Å². The molecule has 9 nitrogen and oxygen atoms in total. The summed E-state index contributed by atoms with van der Waals surface area (Å²) in [5.41, 5.74) is 3.42. The summed E-state index contributed by atoms with van der Waals surface area (Å²) in [4.78, 5) is 29.8. The third-order valence-corrected chi connectivity index (χ3v) is 7.97. The van der Waals surface area contributed by atoms with Crippen LogP contribution in [-0.4, -0.2) is 53.7 Å². The Bertz CT molecular complexity index is 1370. The Labute approximate surface area is 191 Å². The minimum absolute atomic E-state index is 0.0344. The van der Waals surface area contributed by atoms with Gasteiger partial charge in [-0.25, -0.2) is 22.9 Å². The molecule has 2 aliphatic rings. The van der Waals surface area contributed by atoms with E-state index in [0.717, 1.165) is 18.5 Å². The predicted molar refractivity (Wildman–Crippen MR) is 122 cm³/mol. The first-order valence-electron chi connectivity index (χ1n) is 10.9. The maximum Gasteiger partial charge on any atom is 0.337 e. The molecule has 10 heteroatoms. The molecule has 0 bridgehead atoms. The van der Waals surface area contributed by atoms with Gasteiger partial charge in [-0.2, -0.15) is 5.10 Å². The quantitative estimate of drug-likeness (QED) is 0.572. The minimum atomic E-state index is -3.10. The van der Waals surface area contributed by atoms with Crippen LogP contribution in [0.3, 0.4) is 0 Å². The molecule has 1 amide bonds. The van der Waals surface area contributed by atoms with Crippen molar-refractivity contribution >= 4 is 38.4 Å². The third kappa shape index (κ3) is 4.10. The third-order valence-electron chi connectivity index (χ3n) is 6.22. The lowest BCUT2D eigenvalue weighted by Gasteiger charge is -2.12. The SMILES string of the molecule is COC(=O)c1ccc(NC(=O)c2cc(C3CC3)nc3c2c(C)nn3C2CCS(=O)(=O)C2)cc1. The number of fused-ring (bicyclic) bond motifs is 1. The number of rotatable bonds is 5. The second-order valence-electron chi connectivity index (χ2n) is 8.68. The van der Waals surface area contributed by atoms with Gasteiger partial charge in [0.2, 0.25) is 0 Å². The lowest BCUT2D eigenvalue weighted by atomic mass is 10.1. The van der Waals surface area contributed by atoms with Gasteiger partial charge in [0.1, 0.15) is 0 Å². The fraction of sp³-hybridized carbons (Fsp3) is 0.391. The molecule has 1 aromatic carbocycles. The van der Waals surface area contributed by atoms with Crippen LogP contribution in [0.15, 0.2) is 30.3 Å². The van der Waals surface area contributed by atoms with Gasteiger partial charge in [-0.05, 0) is 56.5 Å². The second-order valence-corrected chi connectivity index (χ2v) is 10.9. The van der Waals surface area contributed by atoms with Gasteiger partial charge in [0.05, 0.1) is 46.9 Å². The van der Waals surface area contributed by atoms with Crippen LogP contribution in [-0.2, 0) is 14.6 Å². The number of carbonyl (C=O) groups is 2. The van der Waals surface area contributed by atoms with Crippen molar-refractivity contribution in [2.45, 2.75) is 38.1 Å². The maximum absolute atomic E-state index is 13.3. The Kier molecular flexibility index (Phi) is 5.19. The largest absolute Gasteiger partial charge is 0.465 e. The first-order chi connectivity index (χ1) is 15.8. The Morgan fingerprint density at radius 1 is 1.15 bits per heavy atom. The summed E-state index contributed by atoms with van der Waals surface area (Å²) in [5.74, 6) is -0.287. The van der Waals surface area contributed by atoms with Crippen LogP contribution < -0.4 is 5.32 Å². The number of carbonyl (C=O) groups excluding carboxylic acids is 2. The van der Waals surface area contributed by atoms with Crippen molar-refractivity contribution in [1.82, 2.24) is 14.8 Å². The lowest BCUT2D eigenvalue weighted by molar-refractivity contribution is 0.0600. The van der Waals surface area contributed by atoms with Gasteiger partial charge in [0, 0.05) is 17.3 Å². The van der Waals surface area contributed by atoms with E-state index in [2.05, 4.69) is 10.4 Å². The summed E-state index contributed by atoms with van der Waals surface area (Å²) in [7, 11) is -1.78. The van der Waals surface area contributed by atoms with Crippen molar-refractivity contribution in [3.63, 3.8) is 0 Å². The van der Waals surface area contributed by atoms with E-state index < -0.39 is 15.8 Å². The topological polar surface area (TPSA) is 120 Å². The zero-order chi connectivity index (χ0) is 23.3. The van der Waals surface area contributed by atoms with Crippen LogP contribution in [0.4, 0.5) is 5.69 Å². The van der Waals surface area contributed by atoms with Gasteiger partial charge in [0.15, 0.2) is 15.5 Å². The van der Waals surface area contributed by atoms with Gasteiger partial charge in [0.25, 0.3) is 5.91 Å². The highest BCUT2D eigenvalue weighted by Gasteiger charge is 2.34. The van der Waals surface area contributed by atoms with E-state index in [0.29, 0.717) is 45.9 Å². The maximum atomic E-state index is 13.3. The average molecular weight is 469 g/mol. The molecule has 3 heterocycles. The first kappa shape index (κ1) is 21.6. The number of hydrogen-bond donors (Lipinski definition) is 1. The summed E-state index contributed by atoms with van der Waals surface area (Å²) < 4.78 is 30.5. The van der Waals surface area contributed by atoms with Gasteiger partial charge in [-0.15, -0.1) is 0 Å². The standard InChI is InChI=1S/C23H24N4O5S/c1-13-20-18(22(28)24-16-7-5-15(6-8-16)23(29)32-2)11-19(14-3-4-14)25-21(20)27(26-13)17-9-10-33(30,31)12-17/h5-8,11,14,17H,3-4,9-10,12H2,1-2H3,(H,24,28). The molecule has 0 spiro atoms. The molecule has 1 atom stereocenters. The van der Waals surface area contributed by atoms with E-state index in [4.69, 9.17) is 9.72 Å². The van der Waals surface area contributed by atoms with E-state index in [-0.39, 0.29) is 23.5 Å². The van der Waals surface area contributed by atoms with E-state index in [9.17, 15) is 18.0 Å². The molecule has 1 N–H and O–H groups in total. The number of aryl methyl sites for hydroxylation is 1. The van der Waals surface area contributed by atoms with Crippen molar-refractivity contribution in [2.24, 2.45) is 0 Å². The highest BCUT2D eigenvalue weighted by Crippen LogP contribution is 2.41. The number of nitrogens with zero attached hydrogens (tertiary/aromatic N) is 3. The van der Waals surface area contributed by atoms with Crippen molar-refractivity contribution in [3.8, 4) is 0 Å². The monoisotopic (exact) mass is 468 g/mol. The second kappa shape index (κ2) is 7.95. The Morgan fingerprint density at radius 3 is 2.48 bits per heavy atom. The molecule has 1 aliphatic heterocycles. The van der Waals surface area contributed by atoms with Crippen molar-refractivity contribution in [2.75, 3.05) is 23.9 Å². The van der Waals surface area contributed by atoms with Gasteiger partial charge in [-0.1, -0.05) is 0 Å². The molecule has 0 radical (unpaired) electrons. The molecule has 172 valence electrons. The van der Waals surface area contributed by atoms with Crippen LogP contribution in [0, 0.1) is 6.92 Å². The number of sulfone groups is 1. The summed E-state index contributed by atoms with van der Waals surface area (Å²) in [5, 5.41) is 8.13. The van der Waals surface area contributed by atoms with Crippen molar-refractivity contribution in [3.05, 3.63) is 52.8 Å². The van der Waals surface area contributed by atoms with Crippen LogP contribution in [0.25, 0.3) is 11.0 Å². The van der Waals surface area contributed by atoms with Crippen LogP contribution >= 0.6 is 0 Å². The number of aromatic nitrogens is 3. The van der Waals surface area contributed by atoms with Crippen LogP contribution in [0.1, 0.15) is 63.3 Å². The van der Waals surface area contributed by atoms with Gasteiger partial charge >= 0.3 is 5.97 Å². The molecule has 1 saturated heterocycles. The van der Waals surface area contributed by atoms with E-state index in [1.54, 1.807) is 28.9 Å². The number of methoxy groups -OCH3 is 1. The fourth-order valence-corrected chi connectivity index (χ4v) is 6.02. The number of anilines is 1. The average Bonchev–Trinajstić information content (AvgIpc) is 3.51. The molecule has 1 unspecified atom stereocenters. The molecule has 2 aromatic heterocycles. The zero-order valence-corrected chi connectivity index (χ0v) is 19.2. The van der Waals surface area contributed by atoms with Crippen molar-refractivity contribution in [1.29, 1.82) is 0 Å². The fourth-order valence-electron chi connectivity index (χ4n) is 4.33. The Balaban J connectivity index is 1.53. The smallest absolute Gasteiger partial charge is 0.337 e.